The Morgan fingerprint density at radius 1 is 1.26 bits per heavy atom. The van der Waals surface area contributed by atoms with Gasteiger partial charge in [-0.25, -0.2) is 4.98 Å². The second-order valence-electron chi connectivity index (χ2n) is 8.46. The lowest BCUT2D eigenvalue weighted by molar-refractivity contribution is 0.0300. The van der Waals surface area contributed by atoms with E-state index in [4.69, 9.17) is 0 Å². The van der Waals surface area contributed by atoms with Gasteiger partial charge in [-0.05, 0) is 43.4 Å². The quantitative estimate of drug-likeness (QED) is 0.484. The maximum absolute atomic E-state index is 12.9. The van der Waals surface area contributed by atoms with Gasteiger partial charge in [-0.3, -0.25) is 14.0 Å². The van der Waals surface area contributed by atoms with Crippen molar-refractivity contribution >= 4 is 28.9 Å². The lowest BCUT2D eigenvalue weighted by atomic mass is 9.89. The standard InChI is InChI=1S/C22H26N6O3/c1-12-10-15(12)25-21(30)13-7-9-28-19(23-2)11-18(26-20(13)28)24-14-4-3-8-27(22(14)31)16-5-6-17(16)29/h3-4,7-9,11-12,15-17,23,29H,5-6,10H2,1-2H3,(H,24,26)(H,25,30)/t12-,15+,16-,17-/m0/s1. The van der Waals surface area contributed by atoms with E-state index in [9.17, 15) is 14.7 Å². The smallest absolute Gasteiger partial charge is 0.274 e. The molecule has 31 heavy (non-hydrogen) atoms. The highest BCUT2D eigenvalue weighted by molar-refractivity contribution is 6.01. The van der Waals surface area contributed by atoms with Crippen LogP contribution in [0.25, 0.3) is 5.65 Å². The average Bonchev–Trinajstić information content (AvgIpc) is 3.26. The van der Waals surface area contributed by atoms with E-state index < -0.39 is 6.10 Å². The van der Waals surface area contributed by atoms with Gasteiger partial charge in [0.05, 0.1) is 17.7 Å². The summed E-state index contributed by atoms with van der Waals surface area (Å²) in [6, 6.07) is 7.03. The number of hydrogen-bond acceptors (Lipinski definition) is 6. The molecule has 0 spiro atoms. The molecule has 4 atom stereocenters. The zero-order valence-corrected chi connectivity index (χ0v) is 17.5. The van der Waals surface area contributed by atoms with Gasteiger partial charge in [-0.2, -0.15) is 0 Å². The molecule has 9 nitrogen and oxygen atoms in total. The van der Waals surface area contributed by atoms with Crippen molar-refractivity contribution in [2.24, 2.45) is 5.92 Å². The van der Waals surface area contributed by atoms with Crippen molar-refractivity contribution in [3.63, 3.8) is 0 Å². The molecule has 2 fully saturated rings. The number of anilines is 3. The van der Waals surface area contributed by atoms with Crippen LogP contribution in [-0.2, 0) is 0 Å². The summed E-state index contributed by atoms with van der Waals surface area (Å²) < 4.78 is 3.38. The summed E-state index contributed by atoms with van der Waals surface area (Å²) in [5.74, 6) is 1.54. The van der Waals surface area contributed by atoms with Crippen LogP contribution >= 0.6 is 0 Å². The number of carbonyl (C=O) groups excluding carboxylic acids is 1. The number of fused-ring (bicyclic) bond motifs is 1. The monoisotopic (exact) mass is 422 g/mol. The molecule has 162 valence electrons. The summed E-state index contributed by atoms with van der Waals surface area (Å²) in [5, 5.41) is 19.2. The normalized spacial score (nSPS) is 24.5. The summed E-state index contributed by atoms with van der Waals surface area (Å²) in [7, 11) is 1.79. The van der Waals surface area contributed by atoms with Gasteiger partial charge < -0.3 is 25.6 Å². The van der Waals surface area contributed by atoms with Gasteiger partial charge in [0.25, 0.3) is 11.5 Å². The molecule has 2 aliphatic carbocycles. The Morgan fingerprint density at radius 2 is 2.06 bits per heavy atom. The van der Waals surface area contributed by atoms with Crippen LogP contribution in [-0.4, -0.2) is 44.2 Å². The number of amides is 1. The zero-order chi connectivity index (χ0) is 21.7. The number of aromatic nitrogens is 3. The van der Waals surface area contributed by atoms with Crippen molar-refractivity contribution in [3.8, 4) is 0 Å². The molecule has 0 radical (unpaired) electrons. The SMILES string of the molecule is CNc1cc(Nc2cccn([C@H]3CC[C@@H]3O)c2=O)nc2c(C(=O)N[C@@H]3C[C@@H]3C)ccn12. The van der Waals surface area contributed by atoms with Crippen molar-refractivity contribution in [1.29, 1.82) is 0 Å². The van der Waals surface area contributed by atoms with E-state index in [1.54, 1.807) is 48.3 Å². The number of nitrogens with zero attached hydrogens (tertiary/aromatic N) is 3. The van der Waals surface area contributed by atoms with Crippen molar-refractivity contribution < 1.29 is 9.90 Å². The fourth-order valence-corrected chi connectivity index (χ4v) is 4.07. The van der Waals surface area contributed by atoms with E-state index >= 15 is 0 Å². The molecule has 0 aliphatic heterocycles. The summed E-state index contributed by atoms with van der Waals surface area (Å²) >= 11 is 0. The third-order valence-electron chi connectivity index (χ3n) is 6.34. The number of aliphatic hydroxyl groups is 1. The molecule has 3 aromatic heterocycles. The minimum Gasteiger partial charge on any atom is -0.391 e. The number of hydrogen-bond donors (Lipinski definition) is 4. The van der Waals surface area contributed by atoms with Crippen LogP contribution in [0.2, 0.25) is 0 Å². The number of nitrogens with one attached hydrogen (secondary N) is 3. The molecular formula is C22H26N6O3. The van der Waals surface area contributed by atoms with Crippen molar-refractivity contribution in [3.05, 3.63) is 52.6 Å². The highest BCUT2D eigenvalue weighted by Gasteiger charge is 2.34. The molecule has 1 amide bonds. The molecular weight excluding hydrogens is 396 g/mol. The molecule has 0 unspecified atom stereocenters. The fourth-order valence-electron chi connectivity index (χ4n) is 4.07. The van der Waals surface area contributed by atoms with Crippen LogP contribution in [0.1, 0.15) is 42.6 Å². The van der Waals surface area contributed by atoms with Crippen LogP contribution in [0.15, 0.2) is 41.5 Å². The van der Waals surface area contributed by atoms with Crippen molar-refractivity contribution in [2.45, 2.75) is 44.4 Å². The van der Waals surface area contributed by atoms with Gasteiger partial charge in [-0.15, -0.1) is 0 Å². The van der Waals surface area contributed by atoms with Crippen LogP contribution < -0.4 is 21.5 Å². The number of rotatable bonds is 6. The molecule has 3 aromatic rings. The zero-order valence-electron chi connectivity index (χ0n) is 17.5. The van der Waals surface area contributed by atoms with Gasteiger partial charge in [-0.1, -0.05) is 6.92 Å². The second kappa shape index (κ2) is 7.42. The van der Waals surface area contributed by atoms with E-state index in [-0.39, 0.29) is 23.6 Å². The Bertz CT molecular complexity index is 1220. The lowest BCUT2D eigenvalue weighted by Crippen LogP contribution is -2.39. The Labute approximate surface area is 179 Å². The number of pyridine rings is 1. The number of aliphatic hydroxyl groups excluding tert-OH is 1. The minimum absolute atomic E-state index is 0.149. The average molecular weight is 422 g/mol. The van der Waals surface area contributed by atoms with Crippen molar-refractivity contribution in [1.82, 2.24) is 19.3 Å². The molecule has 5 rings (SSSR count). The molecule has 0 aromatic carbocycles. The molecule has 0 saturated heterocycles. The Kier molecular flexibility index (Phi) is 4.70. The molecule has 9 heteroatoms. The van der Waals surface area contributed by atoms with Gasteiger partial charge in [0, 0.05) is 31.5 Å². The maximum Gasteiger partial charge on any atom is 0.274 e. The highest BCUT2D eigenvalue weighted by atomic mass is 16.3. The molecule has 4 N–H and O–H groups in total. The first-order valence-corrected chi connectivity index (χ1v) is 10.6. The third kappa shape index (κ3) is 3.44. The van der Waals surface area contributed by atoms with E-state index in [1.807, 2.05) is 4.40 Å². The Morgan fingerprint density at radius 3 is 2.71 bits per heavy atom. The first kappa shape index (κ1) is 19.6. The summed E-state index contributed by atoms with van der Waals surface area (Å²) in [5.41, 5.74) is 1.15. The predicted octanol–water partition coefficient (Wildman–Crippen LogP) is 2.12. The van der Waals surface area contributed by atoms with Gasteiger partial charge in [0.15, 0.2) is 5.65 Å². The van der Waals surface area contributed by atoms with Crippen LogP contribution in [0, 0.1) is 5.92 Å². The largest absolute Gasteiger partial charge is 0.391 e. The van der Waals surface area contributed by atoms with Crippen LogP contribution in [0.4, 0.5) is 17.3 Å². The highest BCUT2D eigenvalue weighted by Crippen LogP contribution is 2.32. The Hall–Kier alpha value is -3.33. The second-order valence-corrected chi connectivity index (χ2v) is 8.46. The predicted molar refractivity (Wildman–Crippen MR) is 118 cm³/mol. The van der Waals surface area contributed by atoms with Crippen molar-refractivity contribution in [2.75, 3.05) is 17.7 Å². The molecule has 2 saturated carbocycles. The van der Waals surface area contributed by atoms with Gasteiger partial charge in [0.1, 0.15) is 17.3 Å². The topological polar surface area (TPSA) is 113 Å². The van der Waals surface area contributed by atoms with E-state index in [1.165, 1.54) is 0 Å². The van der Waals surface area contributed by atoms with Gasteiger partial charge in [0.2, 0.25) is 0 Å². The first-order chi connectivity index (χ1) is 15.0. The molecule has 2 aliphatic rings. The van der Waals surface area contributed by atoms with E-state index in [0.29, 0.717) is 35.1 Å². The first-order valence-electron chi connectivity index (χ1n) is 10.6. The lowest BCUT2D eigenvalue weighted by Gasteiger charge is -2.34. The summed E-state index contributed by atoms with van der Waals surface area (Å²) in [6.45, 7) is 2.11. The minimum atomic E-state index is -0.491. The Balaban J connectivity index is 1.49. The van der Waals surface area contributed by atoms with Crippen LogP contribution in [0.5, 0.6) is 0 Å². The molecule has 3 heterocycles. The molecule has 0 bridgehead atoms. The maximum atomic E-state index is 12.9. The van der Waals surface area contributed by atoms with Gasteiger partial charge >= 0.3 is 0 Å². The fraction of sp³-hybridized carbons (Fsp3) is 0.409. The number of carbonyl (C=O) groups is 1. The summed E-state index contributed by atoms with van der Waals surface area (Å²) in [6.07, 6.45) is 5.49. The summed E-state index contributed by atoms with van der Waals surface area (Å²) in [4.78, 5) is 30.3. The van der Waals surface area contributed by atoms with Crippen LogP contribution in [0.3, 0.4) is 0 Å². The van der Waals surface area contributed by atoms with E-state index in [2.05, 4.69) is 27.9 Å². The third-order valence-corrected chi connectivity index (χ3v) is 6.34. The van der Waals surface area contributed by atoms with E-state index in [0.717, 1.165) is 18.7 Å².